The van der Waals surface area contributed by atoms with Gasteiger partial charge in [-0.15, -0.1) is 0 Å². The molecular formula is C9H9F3O. The summed E-state index contributed by atoms with van der Waals surface area (Å²) < 4.78 is 37.7. The first-order valence-corrected chi connectivity index (χ1v) is 3.72. The highest BCUT2D eigenvalue weighted by molar-refractivity contribution is 5.20. The van der Waals surface area contributed by atoms with Crippen molar-refractivity contribution < 1.29 is 18.3 Å². The number of aliphatic hydroxyl groups is 1. The molecule has 1 N–H and O–H groups in total. The Morgan fingerprint density at radius 1 is 1.38 bits per heavy atom. The van der Waals surface area contributed by atoms with Crippen molar-refractivity contribution in [3.05, 3.63) is 35.6 Å². The second-order valence-corrected chi connectivity index (χ2v) is 2.91. The zero-order valence-electron chi connectivity index (χ0n) is 6.97. The molecule has 1 aromatic carbocycles. The van der Waals surface area contributed by atoms with E-state index in [1.54, 1.807) is 0 Å². The van der Waals surface area contributed by atoms with Crippen molar-refractivity contribution in [1.29, 1.82) is 0 Å². The van der Waals surface area contributed by atoms with Gasteiger partial charge < -0.3 is 5.11 Å². The van der Waals surface area contributed by atoms with Crippen LogP contribution in [0.25, 0.3) is 0 Å². The average molecular weight is 190 g/mol. The van der Waals surface area contributed by atoms with Gasteiger partial charge in [-0.3, -0.25) is 0 Å². The molecule has 1 rings (SSSR count). The Hall–Kier alpha value is -1.03. The van der Waals surface area contributed by atoms with E-state index in [4.69, 9.17) is 5.11 Å². The predicted molar refractivity (Wildman–Crippen MR) is 42.0 cm³/mol. The average Bonchev–Trinajstić information content (AvgIpc) is 2.01. The molecule has 1 nitrogen and oxygen atoms in total. The van der Waals surface area contributed by atoms with Crippen LogP contribution in [0.4, 0.5) is 13.2 Å². The van der Waals surface area contributed by atoms with Gasteiger partial charge in [0.2, 0.25) is 0 Å². The van der Waals surface area contributed by atoms with Gasteiger partial charge in [0.1, 0.15) is 11.9 Å². The van der Waals surface area contributed by atoms with Crippen LogP contribution in [0, 0.1) is 5.82 Å². The number of rotatable bonds is 2. The highest BCUT2D eigenvalue weighted by Crippen LogP contribution is 2.30. The summed E-state index contributed by atoms with van der Waals surface area (Å²) >= 11 is 0. The van der Waals surface area contributed by atoms with Crippen LogP contribution in [-0.4, -0.2) is 11.0 Å². The highest BCUT2D eigenvalue weighted by atomic mass is 19.3. The molecule has 0 saturated heterocycles. The van der Waals surface area contributed by atoms with E-state index in [9.17, 15) is 13.2 Å². The van der Waals surface area contributed by atoms with Crippen LogP contribution in [0.1, 0.15) is 18.6 Å². The standard InChI is InChI=1S/C9H9F3O/c1-9(11,12)8(13)6-3-2-4-7(10)5-6/h2-5,8,13H,1H3. The Kier molecular flexibility index (Phi) is 2.61. The Morgan fingerprint density at radius 3 is 2.46 bits per heavy atom. The third-order valence-corrected chi connectivity index (χ3v) is 1.64. The molecule has 0 spiro atoms. The van der Waals surface area contributed by atoms with Crippen molar-refractivity contribution in [2.24, 2.45) is 0 Å². The van der Waals surface area contributed by atoms with E-state index >= 15 is 0 Å². The van der Waals surface area contributed by atoms with Gasteiger partial charge in [-0.2, -0.15) is 0 Å². The van der Waals surface area contributed by atoms with Crippen molar-refractivity contribution >= 4 is 0 Å². The van der Waals surface area contributed by atoms with Crippen molar-refractivity contribution in [1.82, 2.24) is 0 Å². The first-order valence-electron chi connectivity index (χ1n) is 3.72. The molecule has 0 radical (unpaired) electrons. The van der Waals surface area contributed by atoms with Crippen LogP contribution >= 0.6 is 0 Å². The van der Waals surface area contributed by atoms with E-state index in [2.05, 4.69) is 0 Å². The molecule has 0 fully saturated rings. The lowest BCUT2D eigenvalue weighted by atomic mass is 10.1. The minimum absolute atomic E-state index is 0.118. The van der Waals surface area contributed by atoms with Crippen molar-refractivity contribution in [2.45, 2.75) is 19.0 Å². The number of hydrogen-bond donors (Lipinski definition) is 1. The van der Waals surface area contributed by atoms with Gasteiger partial charge in [0.25, 0.3) is 5.92 Å². The fourth-order valence-electron chi connectivity index (χ4n) is 0.969. The molecule has 0 aliphatic rings. The van der Waals surface area contributed by atoms with Gasteiger partial charge in [-0.05, 0) is 17.7 Å². The van der Waals surface area contributed by atoms with Gasteiger partial charge in [0, 0.05) is 6.92 Å². The molecule has 0 bridgehead atoms. The second kappa shape index (κ2) is 3.38. The van der Waals surface area contributed by atoms with E-state index < -0.39 is 17.8 Å². The monoisotopic (exact) mass is 190 g/mol. The summed E-state index contributed by atoms with van der Waals surface area (Å²) in [6.45, 7) is 0.586. The predicted octanol–water partition coefficient (Wildman–Crippen LogP) is 2.51. The van der Waals surface area contributed by atoms with Gasteiger partial charge in [0.15, 0.2) is 0 Å². The molecule has 0 aromatic heterocycles. The third-order valence-electron chi connectivity index (χ3n) is 1.64. The summed E-state index contributed by atoms with van der Waals surface area (Å²) in [5.41, 5.74) is -0.118. The van der Waals surface area contributed by atoms with Gasteiger partial charge in [0.05, 0.1) is 0 Å². The third kappa shape index (κ3) is 2.45. The van der Waals surface area contributed by atoms with Crippen molar-refractivity contribution in [2.75, 3.05) is 0 Å². The summed E-state index contributed by atoms with van der Waals surface area (Å²) in [6, 6.07) is 4.55. The Balaban J connectivity index is 2.96. The van der Waals surface area contributed by atoms with Gasteiger partial charge in [-0.1, -0.05) is 12.1 Å². The van der Waals surface area contributed by atoms with Crippen LogP contribution in [0.3, 0.4) is 0 Å². The van der Waals surface area contributed by atoms with Crippen LogP contribution in [0.2, 0.25) is 0 Å². The van der Waals surface area contributed by atoms with Gasteiger partial charge in [-0.25, -0.2) is 13.2 Å². The fraction of sp³-hybridized carbons (Fsp3) is 0.333. The first-order chi connectivity index (χ1) is 5.91. The summed E-state index contributed by atoms with van der Waals surface area (Å²) in [5.74, 6) is -3.89. The summed E-state index contributed by atoms with van der Waals surface area (Å²) in [5, 5.41) is 9.06. The highest BCUT2D eigenvalue weighted by Gasteiger charge is 2.33. The van der Waals surface area contributed by atoms with E-state index in [0.717, 1.165) is 12.1 Å². The Morgan fingerprint density at radius 2 is 2.00 bits per heavy atom. The summed E-state index contributed by atoms with van der Waals surface area (Å²) in [7, 11) is 0. The van der Waals surface area contributed by atoms with Gasteiger partial charge >= 0.3 is 0 Å². The maximum Gasteiger partial charge on any atom is 0.274 e. The molecule has 0 saturated carbocycles. The van der Waals surface area contributed by atoms with E-state index in [1.165, 1.54) is 12.1 Å². The summed E-state index contributed by atoms with van der Waals surface area (Å²) in [4.78, 5) is 0. The second-order valence-electron chi connectivity index (χ2n) is 2.91. The number of benzene rings is 1. The Bertz CT molecular complexity index is 293. The first kappa shape index (κ1) is 10.1. The van der Waals surface area contributed by atoms with Crippen molar-refractivity contribution in [3.63, 3.8) is 0 Å². The maximum atomic E-state index is 12.6. The van der Waals surface area contributed by atoms with Crippen LogP contribution in [0.15, 0.2) is 24.3 Å². The summed E-state index contributed by atoms with van der Waals surface area (Å²) in [6.07, 6.45) is -1.96. The lowest BCUT2D eigenvalue weighted by Gasteiger charge is -2.18. The normalized spacial score (nSPS) is 14.2. The topological polar surface area (TPSA) is 20.2 Å². The molecule has 0 heterocycles. The molecule has 1 aromatic rings. The maximum absolute atomic E-state index is 12.6. The molecule has 0 aliphatic heterocycles. The molecule has 0 aliphatic carbocycles. The fourth-order valence-corrected chi connectivity index (χ4v) is 0.969. The minimum Gasteiger partial charge on any atom is -0.382 e. The zero-order valence-corrected chi connectivity index (χ0v) is 6.97. The Labute approximate surface area is 73.8 Å². The molecule has 1 atom stereocenters. The molecule has 13 heavy (non-hydrogen) atoms. The molecular weight excluding hydrogens is 181 g/mol. The molecule has 0 amide bonds. The zero-order chi connectivity index (χ0) is 10.1. The molecule has 1 unspecified atom stereocenters. The number of halogens is 3. The van der Waals surface area contributed by atoms with Crippen molar-refractivity contribution in [3.8, 4) is 0 Å². The number of aliphatic hydroxyl groups excluding tert-OH is 1. The van der Waals surface area contributed by atoms with E-state index in [-0.39, 0.29) is 5.56 Å². The quantitative estimate of drug-likeness (QED) is 0.759. The minimum atomic E-state index is -3.26. The van der Waals surface area contributed by atoms with Crippen LogP contribution in [-0.2, 0) is 0 Å². The van der Waals surface area contributed by atoms with Crippen LogP contribution in [0.5, 0.6) is 0 Å². The molecule has 72 valence electrons. The largest absolute Gasteiger partial charge is 0.382 e. The van der Waals surface area contributed by atoms with E-state index in [1.807, 2.05) is 0 Å². The molecule has 4 heteroatoms. The lowest BCUT2D eigenvalue weighted by Crippen LogP contribution is -2.21. The lowest BCUT2D eigenvalue weighted by molar-refractivity contribution is -0.0954. The SMILES string of the molecule is CC(F)(F)C(O)c1cccc(F)c1. The van der Waals surface area contributed by atoms with Crippen LogP contribution < -0.4 is 0 Å². The van der Waals surface area contributed by atoms with E-state index in [0.29, 0.717) is 6.92 Å². The number of alkyl halides is 2. The number of hydrogen-bond acceptors (Lipinski definition) is 1. The smallest absolute Gasteiger partial charge is 0.274 e.